The lowest BCUT2D eigenvalue weighted by Crippen LogP contribution is -2.30. The van der Waals surface area contributed by atoms with E-state index in [-0.39, 0.29) is 31.4 Å². The first kappa shape index (κ1) is 16.7. The molecule has 1 aromatic carbocycles. The van der Waals surface area contributed by atoms with Crippen LogP contribution in [0.25, 0.3) is 0 Å². The molecule has 18 heavy (non-hydrogen) atoms. The molecule has 0 radical (unpaired) electrons. The zero-order chi connectivity index (χ0) is 12.8. The molecule has 8 heteroatoms. The van der Waals surface area contributed by atoms with Gasteiger partial charge < -0.3 is 15.9 Å². The standard InChI is InChI=1S/C10H12BrN3O3.ClH/c11-8-3-1-7(2-4-8)9(12)13-14(5-6-15)10(16)17;/h1-4,15H,5-6H2,(H2,12,13)(H,16,17);1H. The van der Waals surface area contributed by atoms with Crippen LogP contribution in [-0.2, 0) is 0 Å². The van der Waals surface area contributed by atoms with Crippen LogP contribution in [0, 0.1) is 0 Å². The molecule has 0 atom stereocenters. The fourth-order valence-corrected chi connectivity index (χ4v) is 1.36. The molecule has 0 aliphatic rings. The topological polar surface area (TPSA) is 99.1 Å². The number of carboxylic acid groups (broad SMARTS) is 1. The second-order valence-corrected chi connectivity index (χ2v) is 4.04. The molecule has 0 unspecified atom stereocenters. The van der Waals surface area contributed by atoms with Crippen LogP contribution >= 0.6 is 28.3 Å². The summed E-state index contributed by atoms with van der Waals surface area (Å²) in [5, 5.41) is 21.9. The molecule has 4 N–H and O–H groups in total. The minimum atomic E-state index is -1.26. The summed E-state index contributed by atoms with van der Waals surface area (Å²) in [6.07, 6.45) is -1.26. The van der Waals surface area contributed by atoms with Crippen molar-refractivity contribution in [3.8, 4) is 0 Å². The number of aliphatic hydroxyl groups is 1. The molecule has 0 saturated heterocycles. The van der Waals surface area contributed by atoms with Crippen LogP contribution in [0.3, 0.4) is 0 Å². The van der Waals surface area contributed by atoms with Gasteiger partial charge >= 0.3 is 6.09 Å². The molecule has 1 rings (SSSR count). The summed E-state index contributed by atoms with van der Waals surface area (Å²) >= 11 is 3.28. The van der Waals surface area contributed by atoms with Crippen molar-refractivity contribution in [2.24, 2.45) is 10.8 Å². The smallest absolute Gasteiger partial charge is 0.428 e. The summed E-state index contributed by atoms with van der Waals surface area (Å²) in [7, 11) is 0. The summed E-state index contributed by atoms with van der Waals surface area (Å²) < 4.78 is 0.888. The van der Waals surface area contributed by atoms with Crippen molar-refractivity contribution in [3.63, 3.8) is 0 Å². The molecule has 0 saturated carbocycles. The Bertz CT molecular complexity index is 425. The molecule has 6 nitrogen and oxygen atoms in total. The average molecular weight is 339 g/mol. The van der Waals surface area contributed by atoms with Crippen molar-refractivity contribution < 1.29 is 15.0 Å². The summed E-state index contributed by atoms with van der Waals surface area (Å²) in [6.45, 7) is -0.435. The molecule has 0 heterocycles. The Labute approximate surface area is 119 Å². The van der Waals surface area contributed by atoms with Crippen LogP contribution in [0.2, 0.25) is 0 Å². The van der Waals surface area contributed by atoms with E-state index in [4.69, 9.17) is 15.9 Å². The van der Waals surface area contributed by atoms with Gasteiger partial charge in [-0.05, 0) is 12.1 Å². The first-order chi connectivity index (χ1) is 8.04. The molecule has 0 aliphatic carbocycles. The Morgan fingerprint density at radius 2 is 1.94 bits per heavy atom. The zero-order valence-corrected chi connectivity index (χ0v) is 11.7. The first-order valence-corrected chi connectivity index (χ1v) is 5.55. The van der Waals surface area contributed by atoms with Gasteiger partial charge in [-0.15, -0.1) is 17.5 Å². The van der Waals surface area contributed by atoms with Crippen molar-refractivity contribution in [3.05, 3.63) is 34.3 Å². The lowest BCUT2D eigenvalue weighted by atomic mass is 10.2. The fourth-order valence-electron chi connectivity index (χ4n) is 1.09. The highest BCUT2D eigenvalue weighted by Crippen LogP contribution is 2.10. The number of rotatable bonds is 4. The number of nitrogens with two attached hydrogens (primary N) is 1. The molecule has 100 valence electrons. The van der Waals surface area contributed by atoms with Crippen molar-refractivity contribution in [2.75, 3.05) is 13.2 Å². The highest BCUT2D eigenvalue weighted by atomic mass is 79.9. The molecule has 1 aromatic rings. The van der Waals surface area contributed by atoms with Crippen molar-refractivity contribution >= 4 is 40.3 Å². The monoisotopic (exact) mass is 337 g/mol. The van der Waals surface area contributed by atoms with Crippen molar-refractivity contribution in [1.29, 1.82) is 0 Å². The minimum Gasteiger partial charge on any atom is -0.464 e. The Balaban J connectivity index is 0.00000289. The molecular weight excluding hydrogens is 325 g/mol. The fraction of sp³-hybridized carbons (Fsp3) is 0.200. The van der Waals surface area contributed by atoms with E-state index in [0.29, 0.717) is 10.6 Å². The Morgan fingerprint density at radius 1 is 1.39 bits per heavy atom. The SMILES string of the molecule is Cl.NC(=NN(CCO)C(=O)O)c1ccc(Br)cc1. The number of hydrazone groups is 1. The lowest BCUT2D eigenvalue weighted by Gasteiger charge is -2.12. The number of nitrogens with zero attached hydrogens (tertiary/aromatic N) is 2. The van der Waals surface area contributed by atoms with Gasteiger partial charge in [0.1, 0.15) is 0 Å². The van der Waals surface area contributed by atoms with Crippen LogP contribution in [-0.4, -0.2) is 40.3 Å². The van der Waals surface area contributed by atoms with Gasteiger partial charge in [-0.25, -0.2) is 4.79 Å². The van der Waals surface area contributed by atoms with Crippen LogP contribution in [0.4, 0.5) is 4.79 Å². The second kappa shape index (κ2) is 7.91. The van der Waals surface area contributed by atoms with Gasteiger partial charge in [0, 0.05) is 10.0 Å². The van der Waals surface area contributed by atoms with Gasteiger partial charge in [0.05, 0.1) is 13.2 Å². The Kier molecular flexibility index (Phi) is 7.33. The minimum absolute atomic E-state index is 0. The molecule has 0 spiro atoms. The third kappa shape index (κ3) is 4.91. The van der Waals surface area contributed by atoms with Crippen LogP contribution in [0.1, 0.15) is 5.56 Å². The first-order valence-electron chi connectivity index (χ1n) is 4.76. The van der Waals surface area contributed by atoms with E-state index in [9.17, 15) is 4.79 Å². The van der Waals surface area contributed by atoms with Gasteiger partial charge in [0.15, 0.2) is 5.84 Å². The normalized spacial score (nSPS) is 10.7. The van der Waals surface area contributed by atoms with Crippen molar-refractivity contribution in [1.82, 2.24) is 5.01 Å². The summed E-state index contributed by atoms with van der Waals surface area (Å²) in [6, 6.07) is 6.97. The van der Waals surface area contributed by atoms with Crippen molar-refractivity contribution in [2.45, 2.75) is 0 Å². The van der Waals surface area contributed by atoms with E-state index >= 15 is 0 Å². The molecular formula is C10H13BrClN3O3. The number of amidine groups is 1. The molecule has 0 bridgehead atoms. The summed E-state index contributed by atoms with van der Waals surface area (Å²) in [4.78, 5) is 10.8. The largest absolute Gasteiger partial charge is 0.464 e. The summed E-state index contributed by atoms with van der Waals surface area (Å²) in [5.41, 5.74) is 6.27. The Hall–Kier alpha value is -1.31. The second-order valence-electron chi connectivity index (χ2n) is 3.12. The van der Waals surface area contributed by atoms with Gasteiger partial charge in [0.2, 0.25) is 0 Å². The predicted octanol–water partition coefficient (Wildman–Crippen LogP) is 1.46. The number of aliphatic hydroxyl groups excluding tert-OH is 1. The van der Waals surface area contributed by atoms with E-state index in [1.807, 2.05) is 0 Å². The third-order valence-corrected chi connectivity index (χ3v) is 2.43. The maximum absolute atomic E-state index is 10.8. The highest BCUT2D eigenvalue weighted by molar-refractivity contribution is 9.10. The Morgan fingerprint density at radius 3 is 2.39 bits per heavy atom. The number of hydrogen-bond acceptors (Lipinski definition) is 3. The quantitative estimate of drug-likeness (QED) is 0.440. The zero-order valence-electron chi connectivity index (χ0n) is 9.28. The summed E-state index contributed by atoms with van der Waals surface area (Å²) in [5.74, 6) is 0.0772. The van der Waals surface area contributed by atoms with Crippen LogP contribution in [0.15, 0.2) is 33.8 Å². The molecule has 1 amide bonds. The van der Waals surface area contributed by atoms with Crippen LogP contribution in [0.5, 0.6) is 0 Å². The predicted molar refractivity (Wildman–Crippen MR) is 73.9 cm³/mol. The number of halogens is 2. The average Bonchev–Trinajstić information content (AvgIpc) is 2.29. The molecule has 0 aromatic heterocycles. The maximum atomic E-state index is 10.8. The highest BCUT2D eigenvalue weighted by Gasteiger charge is 2.10. The molecule has 0 fully saturated rings. The maximum Gasteiger partial charge on any atom is 0.428 e. The number of amides is 1. The van der Waals surface area contributed by atoms with E-state index in [1.54, 1.807) is 24.3 Å². The number of carbonyl (C=O) groups is 1. The lowest BCUT2D eigenvalue weighted by molar-refractivity contribution is 0.134. The van der Waals surface area contributed by atoms with E-state index < -0.39 is 6.09 Å². The van der Waals surface area contributed by atoms with Gasteiger partial charge in [-0.1, -0.05) is 28.1 Å². The number of benzene rings is 1. The van der Waals surface area contributed by atoms with E-state index in [0.717, 1.165) is 4.47 Å². The molecule has 0 aliphatic heterocycles. The third-order valence-electron chi connectivity index (χ3n) is 1.90. The van der Waals surface area contributed by atoms with Gasteiger partial charge in [-0.2, -0.15) is 5.01 Å². The van der Waals surface area contributed by atoms with E-state index in [2.05, 4.69) is 21.0 Å². The van der Waals surface area contributed by atoms with Crippen LogP contribution < -0.4 is 5.73 Å². The van der Waals surface area contributed by atoms with Gasteiger partial charge in [-0.3, -0.25) is 0 Å². The van der Waals surface area contributed by atoms with Gasteiger partial charge in [0.25, 0.3) is 0 Å². The number of hydrogen-bond donors (Lipinski definition) is 3. The van der Waals surface area contributed by atoms with E-state index in [1.165, 1.54) is 0 Å².